The van der Waals surface area contributed by atoms with Gasteiger partial charge in [0.2, 0.25) is 0 Å². The van der Waals surface area contributed by atoms with Crippen molar-refractivity contribution in [2.45, 2.75) is 12.3 Å². The maximum absolute atomic E-state index is 12.1. The fourth-order valence-electron chi connectivity index (χ4n) is 3.12. The third-order valence-electron chi connectivity index (χ3n) is 4.30. The van der Waals surface area contributed by atoms with Crippen LogP contribution in [0.4, 0.5) is 4.79 Å². The lowest BCUT2D eigenvalue weighted by atomic mass is 9.84. The minimum atomic E-state index is -1.11. The van der Waals surface area contributed by atoms with E-state index in [1.54, 1.807) is 12.1 Å². The number of hydrogen-bond donors (Lipinski definition) is 2. The third kappa shape index (κ3) is 4.52. The van der Waals surface area contributed by atoms with E-state index in [1.807, 2.05) is 66.7 Å². The Morgan fingerprint density at radius 1 is 0.889 bits per heavy atom. The Bertz CT molecular complexity index is 936. The smallest absolute Gasteiger partial charge is 0.412 e. The van der Waals surface area contributed by atoms with Crippen LogP contribution < -0.4 is 5.73 Å². The van der Waals surface area contributed by atoms with Crippen LogP contribution in [0.1, 0.15) is 23.5 Å². The number of aromatic hydroxyl groups is 1. The first-order valence-corrected chi connectivity index (χ1v) is 8.48. The highest BCUT2D eigenvalue weighted by atomic mass is 16.6. The van der Waals surface area contributed by atoms with Gasteiger partial charge in [-0.05, 0) is 34.4 Å². The average molecular weight is 361 g/mol. The van der Waals surface area contributed by atoms with Gasteiger partial charge >= 0.3 is 12.1 Å². The molecule has 5 heteroatoms. The monoisotopic (exact) mass is 361 g/mol. The number of carbonyl (C=O) groups is 2. The summed E-state index contributed by atoms with van der Waals surface area (Å²) in [4.78, 5) is 23.1. The molecule has 27 heavy (non-hydrogen) atoms. The Hall–Kier alpha value is -3.60. The van der Waals surface area contributed by atoms with Crippen molar-refractivity contribution in [2.75, 3.05) is 0 Å². The zero-order chi connectivity index (χ0) is 19.2. The van der Waals surface area contributed by atoms with Gasteiger partial charge in [0.25, 0.3) is 0 Å². The molecular formula is C22H19NO4. The second kappa shape index (κ2) is 8.19. The zero-order valence-electron chi connectivity index (χ0n) is 14.5. The molecule has 1 amide bonds. The number of ether oxygens (including phenoxy) is 1. The molecule has 3 rings (SSSR count). The topological polar surface area (TPSA) is 89.6 Å². The van der Waals surface area contributed by atoms with E-state index in [4.69, 9.17) is 5.73 Å². The summed E-state index contributed by atoms with van der Waals surface area (Å²) >= 11 is 0. The van der Waals surface area contributed by atoms with Crippen molar-refractivity contribution in [3.63, 3.8) is 0 Å². The van der Waals surface area contributed by atoms with Gasteiger partial charge in [0.15, 0.2) is 0 Å². The van der Waals surface area contributed by atoms with Gasteiger partial charge in [0.05, 0.1) is 6.42 Å². The number of primary amides is 1. The van der Waals surface area contributed by atoms with Crippen molar-refractivity contribution in [1.82, 2.24) is 0 Å². The summed E-state index contributed by atoms with van der Waals surface area (Å²) in [6.45, 7) is 0. The molecule has 1 unspecified atom stereocenters. The lowest BCUT2D eigenvalue weighted by Crippen LogP contribution is -2.20. The van der Waals surface area contributed by atoms with Crippen LogP contribution in [-0.2, 0) is 9.53 Å². The molecule has 0 saturated carbocycles. The SMILES string of the molecule is NC(=O)OC(=O)CC(c1ccccc1)c1ccccc1-c1ccc(O)cc1. The molecule has 0 aliphatic heterocycles. The maximum atomic E-state index is 12.1. The van der Waals surface area contributed by atoms with E-state index < -0.39 is 12.1 Å². The summed E-state index contributed by atoms with van der Waals surface area (Å²) in [5.74, 6) is -0.819. The highest BCUT2D eigenvalue weighted by molar-refractivity contribution is 5.84. The number of nitrogens with two attached hydrogens (primary N) is 1. The van der Waals surface area contributed by atoms with Crippen molar-refractivity contribution >= 4 is 12.1 Å². The molecule has 5 nitrogen and oxygen atoms in total. The second-order valence-electron chi connectivity index (χ2n) is 6.09. The molecule has 0 spiro atoms. The number of phenolic OH excluding ortho intramolecular Hbond substituents is 1. The number of benzene rings is 3. The van der Waals surface area contributed by atoms with Gasteiger partial charge in [-0.2, -0.15) is 0 Å². The molecule has 3 aromatic carbocycles. The van der Waals surface area contributed by atoms with Crippen LogP contribution in [-0.4, -0.2) is 17.2 Å². The quantitative estimate of drug-likeness (QED) is 0.526. The highest BCUT2D eigenvalue weighted by Gasteiger charge is 2.23. The zero-order valence-corrected chi connectivity index (χ0v) is 14.5. The predicted molar refractivity (Wildman–Crippen MR) is 102 cm³/mol. The summed E-state index contributed by atoms with van der Waals surface area (Å²) in [6, 6.07) is 24.1. The van der Waals surface area contributed by atoms with E-state index in [1.165, 1.54) is 0 Å². The van der Waals surface area contributed by atoms with Crippen LogP contribution in [0, 0.1) is 0 Å². The molecule has 1 atom stereocenters. The summed E-state index contributed by atoms with van der Waals surface area (Å²) in [6.07, 6.45) is -1.14. The van der Waals surface area contributed by atoms with Gasteiger partial charge in [-0.15, -0.1) is 0 Å². The van der Waals surface area contributed by atoms with E-state index >= 15 is 0 Å². The number of amides is 1. The van der Waals surface area contributed by atoms with Crippen LogP contribution in [0.25, 0.3) is 11.1 Å². The average Bonchev–Trinajstić information content (AvgIpc) is 2.67. The van der Waals surface area contributed by atoms with Crippen molar-refractivity contribution in [3.8, 4) is 16.9 Å². The fourth-order valence-corrected chi connectivity index (χ4v) is 3.12. The normalized spacial score (nSPS) is 11.6. The molecule has 0 aliphatic carbocycles. The molecule has 136 valence electrons. The second-order valence-corrected chi connectivity index (χ2v) is 6.09. The number of carbonyl (C=O) groups excluding carboxylic acids is 2. The van der Waals surface area contributed by atoms with Crippen molar-refractivity contribution in [1.29, 1.82) is 0 Å². The molecule has 0 aliphatic rings. The molecule has 0 radical (unpaired) electrons. The summed E-state index contributed by atoms with van der Waals surface area (Å²) in [5.41, 5.74) is 8.65. The molecule has 0 heterocycles. The van der Waals surface area contributed by atoms with Crippen LogP contribution in [0.5, 0.6) is 5.75 Å². The van der Waals surface area contributed by atoms with Crippen molar-refractivity contribution in [3.05, 3.63) is 90.0 Å². The van der Waals surface area contributed by atoms with Gasteiger partial charge in [-0.25, -0.2) is 4.79 Å². The van der Waals surface area contributed by atoms with Gasteiger partial charge in [-0.1, -0.05) is 66.7 Å². The van der Waals surface area contributed by atoms with Crippen LogP contribution >= 0.6 is 0 Å². The number of phenols is 1. The molecular weight excluding hydrogens is 342 g/mol. The first-order valence-electron chi connectivity index (χ1n) is 8.48. The number of hydrogen-bond acceptors (Lipinski definition) is 4. The third-order valence-corrected chi connectivity index (χ3v) is 4.30. The minimum absolute atomic E-state index is 0.0257. The molecule has 3 aromatic rings. The Labute approximate surface area is 157 Å². The lowest BCUT2D eigenvalue weighted by Gasteiger charge is -2.20. The molecule has 0 bridgehead atoms. The minimum Gasteiger partial charge on any atom is -0.508 e. The molecule has 0 saturated heterocycles. The lowest BCUT2D eigenvalue weighted by molar-refractivity contribution is -0.137. The Balaban J connectivity index is 2.06. The van der Waals surface area contributed by atoms with Crippen LogP contribution in [0.2, 0.25) is 0 Å². The van der Waals surface area contributed by atoms with Crippen LogP contribution in [0.3, 0.4) is 0 Å². The Morgan fingerprint density at radius 3 is 2.19 bits per heavy atom. The van der Waals surface area contributed by atoms with E-state index in [2.05, 4.69) is 4.74 Å². The van der Waals surface area contributed by atoms with Crippen molar-refractivity contribution in [2.24, 2.45) is 5.73 Å². The standard InChI is InChI=1S/C22H19NO4/c23-22(26)27-21(25)14-20(15-6-2-1-3-7-15)19-9-5-4-8-18(19)16-10-12-17(24)13-11-16/h1-13,20,24H,14H2,(H2,23,26). The largest absolute Gasteiger partial charge is 0.508 e. The van der Waals surface area contributed by atoms with E-state index in [0.29, 0.717) is 0 Å². The summed E-state index contributed by atoms with van der Waals surface area (Å²) in [7, 11) is 0. The highest BCUT2D eigenvalue weighted by Crippen LogP contribution is 2.36. The van der Waals surface area contributed by atoms with E-state index in [0.717, 1.165) is 22.3 Å². The molecule has 0 aromatic heterocycles. The van der Waals surface area contributed by atoms with Crippen LogP contribution in [0.15, 0.2) is 78.9 Å². The van der Waals surface area contributed by atoms with E-state index in [9.17, 15) is 14.7 Å². The summed E-state index contributed by atoms with van der Waals surface area (Å²) < 4.78 is 4.55. The van der Waals surface area contributed by atoms with E-state index in [-0.39, 0.29) is 18.1 Å². The maximum Gasteiger partial charge on any atom is 0.412 e. The number of rotatable bonds is 5. The van der Waals surface area contributed by atoms with Crippen molar-refractivity contribution < 1.29 is 19.4 Å². The molecule has 0 fully saturated rings. The fraction of sp³-hybridized carbons (Fsp3) is 0.0909. The first kappa shape index (κ1) is 18.2. The van der Waals surface area contributed by atoms with Gasteiger partial charge in [-0.3, -0.25) is 4.79 Å². The van der Waals surface area contributed by atoms with Gasteiger partial charge < -0.3 is 15.6 Å². The molecule has 3 N–H and O–H groups in total. The Kier molecular flexibility index (Phi) is 5.52. The number of esters is 1. The van der Waals surface area contributed by atoms with Gasteiger partial charge in [0.1, 0.15) is 5.75 Å². The predicted octanol–water partition coefficient (Wildman–Crippen LogP) is 4.20. The first-order chi connectivity index (χ1) is 13.0. The Morgan fingerprint density at radius 2 is 1.52 bits per heavy atom. The summed E-state index contributed by atoms with van der Waals surface area (Å²) in [5, 5.41) is 9.56. The van der Waals surface area contributed by atoms with Gasteiger partial charge in [0, 0.05) is 5.92 Å².